The van der Waals surface area contributed by atoms with Gasteiger partial charge in [-0.1, -0.05) is 149 Å². The molecule has 0 aromatic rings. The van der Waals surface area contributed by atoms with E-state index in [2.05, 4.69) is 47.6 Å². The van der Waals surface area contributed by atoms with Crippen molar-refractivity contribution in [3.63, 3.8) is 0 Å². The zero-order chi connectivity index (χ0) is 33.9. The number of ether oxygens (including phenoxy) is 1. The van der Waals surface area contributed by atoms with Gasteiger partial charge in [-0.2, -0.15) is 0 Å². The monoisotopic (exact) mass is 653 g/mol. The van der Waals surface area contributed by atoms with Gasteiger partial charge in [0.05, 0.1) is 6.10 Å². The van der Waals surface area contributed by atoms with Crippen LogP contribution in [0.15, 0.2) is 23.5 Å². The Labute approximate surface area is 291 Å². The first-order chi connectivity index (χ1) is 22.6. The third-order valence-corrected chi connectivity index (χ3v) is 13.9. The summed E-state index contributed by atoms with van der Waals surface area (Å²) in [5, 5.41) is 10.8. The normalized spacial score (nSPS) is 32.3. The number of aliphatic hydroxyl groups is 1. The minimum atomic E-state index is -0.550. The number of esters is 1. The van der Waals surface area contributed by atoms with Crippen LogP contribution in [0, 0.1) is 46.3 Å². The molecule has 4 rings (SSSR count). The van der Waals surface area contributed by atoms with Crippen molar-refractivity contribution in [1.82, 2.24) is 0 Å². The van der Waals surface area contributed by atoms with Crippen LogP contribution in [0.25, 0.3) is 0 Å². The molecule has 0 aromatic carbocycles. The summed E-state index contributed by atoms with van der Waals surface area (Å²) >= 11 is 0. The second-order valence-electron chi connectivity index (χ2n) is 17.7. The van der Waals surface area contributed by atoms with Crippen LogP contribution in [0.1, 0.15) is 196 Å². The first-order valence-corrected chi connectivity index (χ1v) is 20.9. The highest BCUT2D eigenvalue weighted by atomic mass is 16.5. The largest absolute Gasteiger partial charge is 0.430 e. The first-order valence-electron chi connectivity index (χ1n) is 20.9. The van der Waals surface area contributed by atoms with Crippen LogP contribution in [-0.4, -0.2) is 17.2 Å². The standard InChI is InChI=1S/C44H76O3/c1-7-8-9-10-11-12-13-14-15-16-17-18-19-20-24-42(46)47-41-32-36(45)31-35-25-26-37-39-28-27-38(34(4)23-21-22-33(2)3)43(39,5)30-29-40(37)44(35,41)6/h25,32-34,36-40,45H,7-24,26-31H2,1-6H3/t34-,36+,37+,38-,39+,40+,43-,44+/m1/s1. The lowest BCUT2D eigenvalue weighted by Gasteiger charge is -2.58. The highest BCUT2D eigenvalue weighted by Gasteiger charge is 2.60. The number of carbonyl (C=O) groups excluding carboxylic acids is 1. The van der Waals surface area contributed by atoms with Gasteiger partial charge in [0, 0.05) is 11.8 Å². The van der Waals surface area contributed by atoms with E-state index in [-0.39, 0.29) is 11.4 Å². The maximum atomic E-state index is 13.2. The van der Waals surface area contributed by atoms with Crippen molar-refractivity contribution in [2.75, 3.05) is 0 Å². The Balaban J connectivity index is 1.23. The Morgan fingerprint density at radius 2 is 1.45 bits per heavy atom. The van der Waals surface area contributed by atoms with Crippen LogP contribution in [0.2, 0.25) is 0 Å². The molecular formula is C44H76O3. The summed E-state index contributed by atoms with van der Waals surface area (Å²) in [5.41, 5.74) is 1.51. The summed E-state index contributed by atoms with van der Waals surface area (Å²) in [6.07, 6.45) is 33.9. The molecule has 4 aliphatic carbocycles. The van der Waals surface area contributed by atoms with Crippen molar-refractivity contribution in [1.29, 1.82) is 0 Å². The van der Waals surface area contributed by atoms with Gasteiger partial charge in [0.1, 0.15) is 5.76 Å². The molecule has 0 aromatic heterocycles. The van der Waals surface area contributed by atoms with Gasteiger partial charge in [-0.25, -0.2) is 0 Å². The number of rotatable bonds is 21. The Bertz CT molecular complexity index is 1010. The van der Waals surface area contributed by atoms with E-state index in [1.54, 1.807) is 0 Å². The zero-order valence-electron chi connectivity index (χ0n) is 31.9. The highest BCUT2D eigenvalue weighted by Crippen LogP contribution is 2.67. The predicted molar refractivity (Wildman–Crippen MR) is 199 cm³/mol. The fourth-order valence-electron chi connectivity index (χ4n) is 11.1. The lowest BCUT2D eigenvalue weighted by molar-refractivity contribution is -0.143. The molecule has 0 saturated heterocycles. The highest BCUT2D eigenvalue weighted by molar-refractivity contribution is 5.71. The van der Waals surface area contributed by atoms with Crippen molar-refractivity contribution in [2.45, 2.75) is 202 Å². The fraction of sp³-hybridized carbons (Fsp3) is 0.886. The summed E-state index contributed by atoms with van der Waals surface area (Å²) < 4.78 is 6.28. The van der Waals surface area contributed by atoms with Crippen LogP contribution < -0.4 is 0 Å². The Kier molecular flexibility index (Phi) is 15.5. The number of fused-ring (bicyclic) bond motifs is 5. The molecule has 4 aliphatic rings. The maximum absolute atomic E-state index is 13.2. The Morgan fingerprint density at radius 3 is 2.06 bits per heavy atom. The van der Waals surface area contributed by atoms with Gasteiger partial charge in [-0.15, -0.1) is 0 Å². The molecule has 0 amide bonds. The lowest BCUT2D eigenvalue weighted by Crippen LogP contribution is -2.51. The van der Waals surface area contributed by atoms with E-state index in [9.17, 15) is 9.90 Å². The molecular weight excluding hydrogens is 576 g/mol. The quantitative estimate of drug-likeness (QED) is 0.0762. The second-order valence-corrected chi connectivity index (χ2v) is 17.7. The second kappa shape index (κ2) is 18.8. The minimum absolute atomic E-state index is 0.0937. The smallest absolute Gasteiger partial charge is 0.310 e. The van der Waals surface area contributed by atoms with Gasteiger partial charge in [-0.3, -0.25) is 4.79 Å². The van der Waals surface area contributed by atoms with Gasteiger partial charge in [0.25, 0.3) is 0 Å². The van der Waals surface area contributed by atoms with Gasteiger partial charge in [-0.05, 0) is 98.9 Å². The summed E-state index contributed by atoms with van der Waals surface area (Å²) in [5.74, 6) is 5.04. The minimum Gasteiger partial charge on any atom is -0.430 e. The van der Waals surface area contributed by atoms with Crippen LogP contribution in [0.5, 0.6) is 0 Å². The molecule has 0 radical (unpaired) electrons. The van der Waals surface area contributed by atoms with E-state index in [1.165, 1.54) is 128 Å². The first kappa shape index (κ1) is 38.7. The van der Waals surface area contributed by atoms with Gasteiger partial charge in [0.2, 0.25) is 0 Å². The van der Waals surface area contributed by atoms with E-state index in [0.717, 1.165) is 48.7 Å². The molecule has 3 heteroatoms. The maximum Gasteiger partial charge on any atom is 0.310 e. The summed E-state index contributed by atoms with van der Waals surface area (Å²) in [7, 11) is 0. The SMILES string of the molecule is CCCCCCCCCCCCCCCCC(=O)OC1=C[C@@H](O)CC2=CC[C@@H]3[C@H](CC[C@]4(C)[C@@H]([C@H](C)CCCC(C)C)CC[C@@H]34)[C@]21C. The van der Waals surface area contributed by atoms with E-state index >= 15 is 0 Å². The topological polar surface area (TPSA) is 46.5 Å². The number of unbranched alkanes of at least 4 members (excludes halogenated alkanes) is 13. The predicted octanol–water partition coefficient (Wildman–Crippen LogP) is 12.9. The third kappa shape index (κ3) is 10.0. The summed E-state index contributed by atoms with van der Waals surface area (Å²) in [4.78, 5) is 13.2. The van der Waals surface area contributed by atoms with E-state index in [4.69, 9.17) is 4.74 Å². The van der Waals surface area contributed by atoms with Crippen molar-refractivity contribution < 1.29 is 14.6 Å². The molecule has 0 bridgehead atoms. The fourth-order valence-corrected chi connectivity index (χ4v) is 11.1. The van der Waals surface area contributed by atoms with E-state index in [0.29, 0.717) is 30.1 Å². The number of aliphatic hydroxyl groups excluding tert-OH is 1. The molecule has 3 nitrogen and oxygen atoms in total. The van der Waals surface area contributed by atoms with Crippen LogP contribution >= 0.6 is 0 Å². The lowest BCUT2D eigenvalue weighted by atomic mass is 9.47. The summed E-state index contributed by atoms with van der Waals surface area (Å²) in [6, 6.07) is 0. The summed E-state index contributed by atoms with van der Waals surface area (Å²) in [6.45, 7) is 14.5. The number of allylic oxidation sites excluding steroid dienone is 2. The van der Waals surface area contributed by atoms with Gasteiger partial charge >= 0.3 is 5.97 Å². The molecule has 8 atom stereocenters. The zero-order valence-corrected chi connectivity index (χ0v) is 31.9. The van der Waals surface area contributed by atoms with Crippen LogP contribution in [0.3, 0.4) is 0 Å². The molecule has 270 valence electrons. The van der Waals surface area contributed by atoms with Crippen molar-refractivity contribution in [3.8, 4) is 0 Å². The van der Waals surface area contributed by atoms with E-state index in [1.807, 2.05) is 6.08 Å². The molecule has 0 aliphatic heterocycles. The third-order valence-electron chi connectivity index (χ3n) is 13.9. The molecule has 0 heterocycles. The Morgan fingerprint density at radius 1 is 0.830 bits per heavy atom. The van der Waals surface area contributed by atoms with Crippen molar-refractivity contribution in [2.24, 2.45) is 46.3 Å². The number of hydrogen-bond donors (Lipinski definition) is 1. The Hall–Kier alpha value is -1.09. The van der Waals surface area contributed by atoms with Gasteiger partial charge < -0.3 is 9.84 Å². The molecule has 0 spiro atoms. The van der Waals surface area contributed by atoms with Crippen molar-refractivity contribution in [3.05, 3.63) is 23.5 Å². The number of carbonyl (C=O) groups is 1. The molecule has 1 N–H and O–H groups in total. The molecule has 47 heavy (non-hydrogen) atoms. The van der Waals surface area contributed by atoms with Crippen molar-refractivity contribution >= 4 is 5.97 Å². The van der Waals surface area contributed by atoms with Gasteiger partial charge in [0.15, 0.2) is 0 Å². The molecule has 2 fully saturated rings. The molecule has 2 saturated carbocycles. The molecule has 0 unspecified atom stereocenters. The van der Waals surface area contributed by atoms with E-state index < -0.39 is 6.10 Å². The van der Waals surface area contributed by atoms with Crippen LogP contribution in [-0.2, 0) is 9.53 Å². The van der Waals surface area contributed by atoms with Crippen LogP contribution in [0.4, 0.5) is 0 Å². The average Bonchev–Trinajstić information content (AvgIpc) is 3.39. The average molecular weight is 653 g/mol. The number of hydrogen-bond acceptors (Lipinski definition) is 3.